The van der Waals surface area contributed by atoms with Gasteiger partial charge in [-0.1, -0.05) is 37.3 Å². The van der Waals surface area contributed by atoms with Crippen molar-refractivity contribution in [2.24, 2.45) is 11.8 Å². The zero-order chi connectivity index (χ0) is 20.4. The standard InChI is InChI=1S/C23H25N3O3/c1-15(16-10-11-16)12-24-13-17-6-2-5-9-20(17)25-21(27)14-26-22(28)18-7-3-4-8-19(18)23(26)29/h2-9,15-16,24H,10-14H2,1H3,(H,25,27). The molecule has 1 atom stereocenters. The van der Waals surface area contributed by atoms with Crippen LogP contribution >= 0.6 is 0 Å². The monoisotopic (exact) mass is 391 g/mol. The molecule has 2 aliphatic rings. The third kappa shape index (κ3) is 4.22. The SMILES string of the molecule is CC(CNCc1ccccc1NC(=O)CN1C(=O)c2ccccc2C1=O)C1CC1. The highest BCUT2D eigenvalue weighted by molar-refractivity contribution is 6.22. The Morgan fingerprint density at radius 1 is 1.03 bits per heavy atom. The average molecular weight is 391 g/mol. The molecule has 1 saturated carbocycles. The number of para-hydroxylation sites is 1. The zero-order valence-electron chi connectivity index (χ0n) is 16.5. The number of amides is 3. The predicted molar refractivity (Wildman–Crippen MR) is 110 cm³/mol. The van der Waals surface area contributed by atoms with Crippen molar-refractivity contribution in [1.29, 1.82) is 0 Å². The highest BCUT2D eigenvalue weighted by Gasteiger charge is 2.36. The summed E-state index contributed by atoms with van der Waals surface area (Å²) in [5.74, 6) is 0.260. The lowest BCUT2D eigenvalue weighted by Gasteiger charge is -2.16. The van der Waals surface area contributed by atoms with Gasteiger partial charge >= 0.3 is 0 Å². The van der Waals surface area contributed by atoms with Crippen LogP contribution in [0.3, 0.4) is 0 Å². The van der Waals surface area contributed by atoms with Crippen LogP contribution in [0.2, 0.25) is 0 Å². The van der Waals surface area contributed by atoms with Crippen LogP contribution in [-0.2, 0) is 11.3 Å². The van der Waals surface area contributed by atoms with Gasteiger partial charge in [0.05, 0.1) is 11.1 Å². The molecule has 0 spiro atoms. The summed E-state index contributed by atoms with van der Waals surface area (Å²) in [6.07, 6.45) is 2.65. The zero-order valence-corrected chi connectivity index (χ0v) is 16.5. The minimum atomic E-state index is -0.426. The predicted octanol–water partition coefficient (Wildman–Crippen LogP) is 3.06. The van der Waals surface area contributed by atoms with Crippen molar-refractivity contribution in [1.82, 2.24) is 10.2 Å². The Labute approximate surface area is 170 Å². The van der Waals surface area contributed by atoms with E-state index in [1.807, 2.05) is 24.3 Å². The van der Waals surface area contributed by atoms with Crippen molar-refractivity contribution in [2.75, 3.05) is 18.4 Å². The third-order valence-electron chi connectivity index (χ3n) is 5.68. The summed E-state index contributed by atoms with van der Waals surface area (Å²) in [6, 6.07) is 14.2. The maximum atomic E-state index is 12.6. The molecule has 150 valence electrons. The fraction of sp³-hybridized carbons (Fsp3) is 0.348. The lowest BCUT2D eigenvalue weighted by atomic mass is 10.1. The van der Waals surface area contributed by atoms with Crippen LogP contribution in [0.1, 0.15) is 46.0 Å². The molecule has 1 aliphatic heterocycles. The number of fused-ring (bicyclic) bond motifs is 1. The van der Waals surface area contributed by atoms with E-state index >= 15 is 0 Å². The quantitative estimate of drug-likeness (QED) is 0.678. The van der Waals surface area contributed by atoms with E-state index in [9.17, 15) is 14.4 Å². The van der Waals surface area contributed by atoms with Crippen LogP contribution < -0.4 is 10.6 Å². The molecular formula is C23H25N3O3. The van der Waals surface area contributed by atoms with Crippen LogP contribution in [0.4, 0.5) is 5.69 Å². The molecule has 1 heterocycles. The number of carbonyl (C=O) groups excluding carboxylic acids is 3. The van der Waals surface area contributed by atoms with Crippen molar-refractivity contribution in [3.05, 3.63) is 65.2 Å². The summed E-state index contributed by atoms with van der Waals surface area (Å²) in [4.78, 5) is 38.4. The lowest BCUT2D eigenvalue weighted by molar-refractivity contribution is -0.116. The average Bonchev–Trinajstić information content (AvgIpc) is 3.54. The molecular weight excluding hydrogens is 366 g/mol. The van der Waals surface area contributed by atoms with Gasteiger partial charge in [0.2, 0.25) is 5.91 Å². The van der Waals surface area contributed by atoms with Gasteiger partial charge in [-0.25, -0.2) is 0 Å². The Hall–Kier alpha value is -2.99. The van der Waals surface area contributed by atoms with Crippen molar-refractivity contribution in [3.8, 4) is 0 Å². The second-order valence-corrected chi connectivity index (χ2v) is 7.89. The summed E-state index contributed by atoms with van der Waals surface area (Å²) >= 11 is 0. The molecule has 2 aromatic rings. The van der Waals surface area contributed by atoms with E-state index in [0.29, 0.717) is 29.3 Å². The van der Waals surface area contributed by atoms with Crippen molar-refractivity contribution in [3.63, 3.8) is 0 Å². The molecule has 1 aliphatic carbocycles. The Bertz CT molecular complexity index is 917. The van der Waals surface area contributed by atoms with E-state index in [4.69, 9.17) is 0 Å². The van der Waals surface area contributed by atoms with E-state index in [-0.39, 0.29) is 6.54 Å². The highest BCUT2D eigenvalue weighted by Crippen LogP contribution is 2.36. The molecule has 29 heavy (non-hydrogen) atoms. The van der Waals surface area contributed by atoms with Gasteiger partial charge in [0, 0.05) is 12.2 Å². The molecule has 0 aromatic heterocycles. The Kier molecular flexibility index (Phi) is 5.45. The lowest BCUT2D eigenvalue weighted by Crippen LogP contribution is -2.37. The molecule has 2 N–H and O–H groups in total. The summed E-state index contributed by atoms with van der Waals surface area (Å²) in [5, 5.41) is 6.32. The number of anilines is 1. The highest BCUT2D eigenvalue weighted by atomic mass is 16.2. The maximum absolute atomic E-state index is 12.6. The first kappa shape index (κ1) is 19.3. The van der Waals surface area contributed by atoms with Crippen LogP contribution in [0, 0.1) is 11.8 Å². The molecule has 3 amide bonds. The van der Waals surface area contributed by atoms with Crippen molar-refractivity contribution in [2.45, 2.75) is 26.3 Å². The van der Waals surface area contributed by atoms with Crippen LogP contribution in [0.15, 0.2) is 48.5 Å². The van der Waals surface area contributed by atoms with Gasteiger partial charge < -0.3 is 10.6 Å². The van der Waals surface area contributed by atoms with E-state index < -0.39 is 17.7 Å². The summed E-state index contributed by atoms with van der Waals surface area (Å²) in [5.41, 5.74) is 2.37. The van der Waals surface area contributed by atoms with Gasteiger partial charge in [-0.15, -0.1) is 0 Å². The van der Waals surface area contributed by atoms with Gasteiger partial charge in [-0.05, 0) is 55.0 Å². The molecule has 0 radical (unpaired) electrons. The van der Waals surface area contributed by atoms with E-state index in [1.54, 1.807) is 24.3 Å². The Morgan fingerprint density at radius 2 is 1.66 bits per heavy atom. The number of nitrogens with zero attached hydrogens (tertiary/aromatic N) is 1. The van der Waals surface area contributed by atoms with Gasteiger partial charge in [0.15, 0.2) is 0 Å². The normalized spacial score (nSPS) is 16.7. The van der Waals surface area contributed by atoms with Gasteiger partial charge in [0.1, 0.15) is 6.54 Å². The van der Waals surface area contributed by atoms with Crippen LogP contribution in [-0.4, -0.2) is 35.7 Å². The van der Waals surface area contributed by atoms with E-state index in [1.165, 1.54) is 12.8 Å². The molecule has 0 saturated heterocycles. The topological polar surface area (TPSA) is 78.5 Å². The first-order chi connectivity index (χ1) is 14.0. The number of nitrogens with one attached hydrogen (secondary N) is 2. The largest absolute Gasteiger partial charge is 0.324 e. The number of carbonyl (C=O) groups is 3. The molecule has 6 nitrogen and oxygen atoms in total. The number of hydrogen-bond donors (Lipinski definition) is 2. The van der Waals surface area contributed by atoms with Crippen LogP contribution in [0.5, 0.6) is 0 Å². The van der Waals surface area contributed by atoms with Crippen molar-refractivity contribution < 1.29 is 14.4 Å². The fourth-order valence-electron chi connectivity index (χ4n) is 3.78. The second kappa shape index (κ2) is 8.17. The molecule has 1 fully saturated rings. The maximum Gasteiger partial charge on any atom is 0.262 e. The van der Waals surface area contributed by atoms with Gasteiger partial charge in [-0.2, -0.15) is 0 Å². The Balaban J connectivity index is 1.36. The fourth-order valence-corrected chi connectivity index (χ4v) is 3.78. The molecule has 6 heteroatoms. The number of imide groups is 1. The summed E-state index contributed by atoms with van der Waals surface area (Å²) in [7, 11) is 0. The number of rotatable bonds is 8. The first-order valence-electron chi connectivity index (χ1n) is 10.1. The second-order valence-electron chi connectivity index (χ2n) is 7.89. The first-order valence-corrected chi connectivity index (χ1v) is 10.1. The summed E-state index contributed by atoms with van der Waals surface area (Å²) in [6.45, 7) is 3.57. The third-order valence-corrected chi connectivity index (χ3v) is 5.68. The van der Waals surface area contributed by atoms with Gasteiger partial charge in [0.25, 0.3) is 11.8 Å². The molecule has 4 rings (SSSR count). The number of benzene rings is 2. The summed E-state index contributed by atoms with van der Waals surface area (Å²) < 4.78 is 0. The molecule has 2 aromatic carbocycles. The van der Waals surface area contributed by atoms with E-state index in [2.05, 4.69) is 17.6 Å². The molecule has 0 bridgehead atoms. The minimum Gasteiger partial charge on any atom is -0.324 e. The minimum absolute atomic E-state index is 0.299. The van der Waals surface area contributed by atoms with Crippen LogP contribution in [0.25, 0.3) is 0 Å². The number of hydrogen-bond acceptors (Lipinski definition) is 4. The Morgan fingerprint density at radius 3 is 2.31 bits per heavy atom. The van der Waals surface area contributed by atoms with Gasteiger partial charge in [-0.3, -0.25) is 19.3 Å². The van der Waals surface area contributed by atoms with E-state index in [0.717, 1.165) is 22.9 Å². The molecule has 1 unspecified atom stereocenters. The van der Waals surface area contributed by atoms with Crippen molar-refractivity contribution >= 4 is 23.4 Å². The smallest absolute Gasteiger partial charge is 0.262 e.